The third-order valence-electron chi connectivity index (χ3n) is 0.549. The van der Waals surface area contributed by atoms with E-state index in [2.05, 4.69) is 0 Å². The van der Waals surface area contributed by atoms with Crippen molar-refractivity contribution >= 4 is 35.8 Å². The van der Waals surface area contributed by atoms with Gasteiger partial charge in [0.15, 0.2) is 0 Å². The van der Waals surface area contributed by atoms with Crippen molar-refractivity contribution in [3.8, 4) is 0 Å². The molecule has 0 saturated carbocycles. The fourth-order valence-corrected chi connectivity index (χ4v) is 0. The Balaban J connectivity index is -0.0000000179. The van der Waals surface area contributed by atoms with E-state index in [1.807, 2.05) is 0 Å². The molecule has 0 amide bonds. The van der Waals surface area contributed by atoms with Crippen LogP contribution in [0.15, 0.2) is 0 Å². The molecular formula is C6H13FeKO15. The summed E-state index contributed by atoms with van der Waals surface area (Å²) in [5.74, 6) is -10.9. The summed E-state index contributed by atoms with van der Waals surface area (Å²) in [7, 11) is 0. The van der Waals surface area contributed by atoms with Gasteiger partial charge in [0.05, 0.1) is 0 Å². The predicted molar refractivity (Wildman–Crippen MR) is 57.8 cm³/mol. The van der Waals surface area contributed by atoms with Gasteiger partial charge in [-0.15, -0.1) is 0 Å². The van der Waals surface area contributed by atoms with E-state index in [0.29, 0.717) is 0 Å². The second-order valence-corrected chi connectivity index (χ2v) is 1.83. The molecule has 0 aliphatic carbocycles. The summed E-state index contributed by atoms with van der Waals surface area (Å²) in [6.45, 7) is 0. The molecule has 0 rings (SSSR count). The largest absolute Gasteiger partial charge is 1.00 e. The van der Waals surface area contributed by atoms with Gasteiger partial charge in [0.25, 0.3) is 0 Å². The predicted octanol–water partition coefficient (Wildman–Crippen LogP) is -7.89. The zero-order valence-corrected chi connectivity index (χ0v) is 15.2. The second kappa shape index (κ2) is 28.9. The molecule has 12 N–H and O–H groups in total. The molecule has 0 bridgehead atoms. The Bertz CT molecular complexity index is 291. The minimum atomic E-state index is -1.82. The summed E-state index contributed by atoms with van der Waals surface area (Å²) >= 11 is 0. The molecular weight excluding hydrogens is 407 g/mol. The van der Waals surface area contributed by atoms with Crippen molar-refractivity contribution in [1.82, 2.24) is 0 Å². The third kappa shape index (κ3) is 62.9. The van der Waals surface area contributed by atoms with E-state index >= 15 is 0 Å². The van der Waals surface area contributed by atoms with Crippen LogP contribution >= 0.6 is 0 Å². The summed E-state index contributed by atoms with van der Waals surface area (Å²) in [6.07, 6.45) is 0. The summed E-state index contributed by atoms with van der Waals surface area (Å²) in [6, 6.07) is 0. The minimum Gasteiger partial charge on any atom is -1.00 e. The van der Waals surface area contributed by atoms with Crippen molar-refractivity contribution < 1.29 is 146 Å². The quantitative estimate of drug-likeness (QED) is 0.157. The number of aliphatic carboxylic acids is 6. The minimum absolute atomic E-state index is 0. The molecule has 0 aliphatic heterocycles. The zero-order valence-electron chi connectivity index (χ0n) is 12.0. The van der Waals surface area contributed by atoms with Crippen LogP contribution < -0.4 is 51.4 Å². The van der Waals surface area contributed by atoms with E-state index in [-0.39, 0.29) is 86.3 Å². The van der Waals surface area contributed by atoms with Gasteiger partial charge in [0, 0.05) is 17.1 Å². The Hall–Kier alpha value is -1.14. The maximum absolute atomic E-state index is 9.10. The van der Waals surface area contributed by atoms with Crippen molar-refractivity contribution in [2.24, 2.45) is 0 Å². The molecule has 23 heavy (non-hydrogen) atoms. The summed E-state index contributed by atoms with van der Waals surface area (Å²) in [4.78, 5) is 54.6. The van der Waals surface area contributed by atoms with Crippen LogP contribution in [0.1, 0.15) is 1.43 Å². The first-order chi connectivity index (χ1) is 7.93. The fourth-order valence-electron chi connectivity index (χ4n) is 0. The zero-order chi connectivity index (χ0) is 15.5. The summed E-state index contributed by atoms with van der Waals surface area (Å²) in [5, 5.41) is 44.3. The molecule has 0 fully saturated rings. The number of hydrogen-bond acceptors (Lipinski definition) is 6. The molecule has 0 saturated heterocycles. The number of carbonyl (C=O) groups is 6. The van der Waals surface area contributed by atoms with Gasteiger partial charge in [-0.1, -0.05) is 0 Å². The Kier molecular flexibility index (Phi) is 62.3. The van der Waals surface area contributed by atoms with Crippen molar-refractivity contribution in [3.63, 3.8) is 0 Å². The molecule has 0 atom stereocenters. The van der Waals surface area contributed by atoms with E-state index in [0.717, 1.165) is 0 Å². The average molecular weight is 420 g/mol. The van der Waals surface area contributed by atoms with Crippen molar-refractivity contribution in [1.29, 1.82) is 0 Å². The Morgan fingerprint density at radius 3 is 0.478 bits per heavy atom. The molecule has 0 radical (unpaired) electrons. The molecule has 0 heterocycles. The number of carboxylic acids is 6. The molecule has 0 unspecified atom stereocenters. The van der Waals surface area contributed by atoms with Gasteiger partial charge < -0.3 is 48.5 Å². The van der Waals surface area contributed by atoms with Crippen LogP contribution in [0.4, 0.5) is 0 Å². The molecule has 0 aliphatic rings. The van der Waals surface area contributed by atoms with Gasteiger partial charge in [0.2, 0.25) is 0 Å². The van der Waals surface area contributed by atoms with E-state index in [4.69, 9.17) is 59.4 Å². The summed E-state index contributed by atoms with van der Waals surface area (Å²) in [5.41, 5.74) is 0. The Morgan fingerprint density at radius 2 is 0.478 bits per heavy atom. The maximum atomic E-state index is 9.10. The normalized spacial score (nSPS) is 5.74. The maximum Gasteiger partial charge on any atom is 1.00 e. The van der Waals surface area contributed by atoms with Crippen molar-refractivity contribution in [2.45, 2.75) is 0 Å². The first-order valence-electron chi connectivity index (χ1n) is 3.32. The SMILES string of the molecule is O.O.O.O=C(O)C(=O)O.O=C(O)C(=O)O.O=C(O)C(=O)O.[Fe].[H-].[K+]. The molecule has 0 aromatic heterocycles. The molecule has 0 spiro atoms. The van der Waals surface area contributed by atoms with E-state index < -0.39 is 35.8 Å². The van der Waals surface area contributed by atoms with Crippen LogP contribution in [0, 0.1) is 0 Å². The molecule has 0 aromatic carbocycles. The Labute approximate surface area is 180 Å². The van der Waals surface area contributed by atoms with Crippen LogP contribution in [0.5, 0.6) is 0 Å². The number of hydrogen-bond donors (Lipinski definition) is 6. The van der Waals surface area contributed by atoms with Crippen molar-refractivity contribution in [3.05, 3.63) is 0 Å². The van der Waals surface area contributed by atoms with Crippen LogP contribution in [0.3, 0.4) is 0 Å². The van der Waals surface area contributed by atoms with E-state index in [1.54, 1.807) is 0 Å². The van der Waals surface area contributed by atoms with Crippen LogP contribution in [0.25, 0.3) is 0 Å². The Morgan fingerprint density at radius 1 is 0.435 bits per heavy atom. The van der Waals surface area contributed by atoms with Gasteiger partial charge in [-0.05, 0) is 0 Å². The van der Waals surface area contributed by atoms with Crippen LogP contribution in [-0.4, -0.2) is 82.9 Å². The standard InChI is InChI=1S/3C2H2O4.Fe.K.3H2O.H/c3*3-1(4)2(5)6;;;;;;/h3*(H,3,4)(H,5,6);;;3*1H2;/q;;;;+1;;;;-1. The number of rotatable bonds is 0. The van der Waals surface area contributed by atoms with Gasteiger partial charge in [-0.25, -0.2) is 28.8 Å². The number of carboxylic acid groups (broad SMARTS) is 6. The van der Waals surface area contributed by atoms with E-state index in [9.17, 15) is 0 Å². The summed E-state index contributed by atoms with van der Waals surface area (Å²) < 4.78 is 0. The molecule has 15 nitrogen and oxygen atoms in total. The second-order valence-electron chi connectivity index (χ2n) is 1.83. The third-order valence-corrected chi connectivity index (χ3v) is 0.549. The fraction of sp³-hybridized carbons (Fsp3) is 0. The topological polar surface area (TPSA) is 318 Å². The molecule has 136 valence electrons. The van der Waals surface area contributed by atoms with Crippen LogP contribution in [0.2, 0.25) is 0 Å². The first kappa shape index (κ1) is 49.5. The molecule has 0 aromatic rings. The first-order valence-corrected chi connectivity index (χ1v) is 3.32. The monoisotopic (exact) mass is 420 g/mol. The van der Waals surface area contributed by atoms with Gasteiger partial charge in [0.1, 0.15) is 0 Å². The van der Waals surface area contributed by atoms with Crippen molar-refractivity contribution in [2.75, 3.05) is 0 Å². The smallest absolute Gasteiger partial charge is 1.00 e. The van der Waals surface area contributed by atoms with Gasteiger partial charge in [-0.2, -0.15) is 0 Å². The molecule has 17 heteroatoms. The van der Waals surface area contributed by atoms with E-state index in [1.165, 1.54) is 0 Å². The average Bonchev–Trinajstić information content (AvgIpc) is 2.18. The van der Waals surface area contributed by atoms with Crippen LogP contribution in [-0.2, 0) is 45.8 Å². The van der Waals surface area contributed by atoms with Gasteiger partial charge >= 0.3 is 87.2 Å². The van der Waals surface area contributed by atoms with Gasteiger partial charge in [-0.3, -0.25) is 0 Å².